The first-order valence-corrected chi connectivity index (χ1v) is 4.13. The van der Waals surface area contributed by atoms with Crippen molar-refractivity contribution in [2.75, 3.05) is 0 Å². The smallest absolute Gasteiger partial charge is 0.323 e. The first kappa shape index (κ1) is 8.74. The fourth-order valence-electron chi connectivity index (χ4n) is 1.44. The van der Waals surface area contributed by atoms with Crippen LogP contribution in [-0.2, 0) is 11.3 Å². The van der Waals surface area contributed by atoms with Gasteiger partial charge in [-0.25, -0.2) is 4.39 Å². The zero-order valence-electron chi connectivity index (χ0n) is 7.27. The molecule has 0 atom stereocenters. The minimum Gasteiger partial charge on any atom is -0.480 e. The summed E-state index contributed by atoms with van der Waals surface area (Å²) in [4.78, 5) is 10.5. The topological polar surface area (TPSA) is 42.2 Å². The Labute approximate surface area is 79.4 Å². The lowest BCUT2D eigenvalue weighted by Crippen LogP contribution is -2.07. The lowest BCUT2D eigenvalue weighted by molar-refractivity contribution is -0.137. The Kier molecular flexibility index (Phi) is 1.96. The number of aromatic nitrogens is 1. The minimum atomic E-state index is -0.938. The van der Waals surface area contributed by atoms with E-state index in [1.807, 2.05) is 0 Å². The lowest BCUT2D eigenvalue weighted by Gasteiger charge is -2.00. The number of carbonyl (C=O) groups is 1. The fraction of sp³-hybridized carbons (Fsp3) is 0.100. The second kappa shape index (κ2) is 3.14. The normalized spacial score (nSPS) is 10.6. The standard InChI is InChI=1S/C10H8FNO2/c11-8-2-1-7-3-4-12(6-10(13)14)9(7)5-8/h1-5H,6H2,(H,13,14). The molecule has 1 aromatic heterocycles. The van der Waals surface area contributed by atoms with Crippen LogP contribution in [0.25, 0.3) is 10.9 Å². The van der Waals surface area contributed by atoms with E-state index in [0.29, 0.717) is 5.52 Å². The Morgan fingerprint density at radius 3 is 2.93 bits per heavy atom. The largest absolute Gasteiger partial charge is 0.480 e. The second-order valence-electron chi connectivity index (χ2n) is 3.04. The van der Waals surface area contributed by atoms with Gasteiger partial charge in [-0.3, -0.25) is 4.79 Å². The SMILES string of the molecule is O=C(O)Cn1ccc2ccc(F)cc21. The van der Waals surface area contributed by atoms with Crippen molar-refractivity contribution < 1.29 is 14.3 Å². The van der Waals surface area contributed by atoms with E-state index in [4.69, 9.17) is 5.11 Å². The summed E-state index contributed by atoms with van der Waals surface area (Å²) >= 11 is 0. The van der Waals surface area contributed by atoms with E-state index < -0.39 is 5.97 Å². The van der Waals surface area contributed by atoms with Gasteiger partial charge in [-0.15, -0.1) is 0 Å². The maximum Gasteiger partial charge on any atom is 0.323 e. The Bertz CT molecular complexity index is 490. The molecule has 14 heavy (non-hydrogen) atoms. The molecule has 2 aromatic rings. The van der Waals surface area contributed by atoms with Gasteiger partial charge in [-0.1, -0.05) is 0 Å². The van der Waals surface area contributed by atoms with Gasteiger partial charge < -0.3 is 9.67 Å². The van der Waals surface area contributed by atoms with Crippen molar-refractivity contribution in [3.8, 4) is 0 Å². The van der Waals surface area contributed by atoms with Crippen molar-refractivity contribution in [1.82, 2.24) is 4.57 Å². The molecule has 0 bridgehead atoms. The molecular formula is C10H8FNO2. The third kappa shape index (κ3) is 1.46. The van der Waals surface area contributed by atoms with Gasteiger partial charge in [0.2, 0.25) is 0 Å². The maximum absolute atomic E-state index is 12.9. The zero-order chi connectivity index (χ0) is 10.1. The monoisotopic (exact) mass is 193 g/mol. The van der Waals surface area contributed by atoms with E-state index in [1.54, 1.807) is 18.3 Å². The van der Waals surface area contributed by atoms with Crippen molar-refractivity contribution in [3.05, 3.63) is 36.3 Å². The molecule has 1 N–H and O–H groups in total. The predicted octanol–water partition coefficient (Wildman–Crippen LogP) is 1.87. The summed E-state index contributed by atoms with van der Waals surface area (Å²) in [6.45, 7) is -0.146. The molecular weight excluding hydrogens is 185 g/mol. The molecule has 0 fully saturated rings. The van der Waals surface area contributed by atoms with E-state index >= 15 is 0 Å². The summed E-state index contributed by atoms with van der Waals surface area (Å²) in [5.74, 6) is -1.30. The molecule has 0 aliphatic carbocycles. The molecule has 0 unspecified atom stereocenters. The van der Waals surface area contributed by atoms with Crippen LogP contribution in [0.3, 0.4) is 0 Å². The van der Waals surface area contributed by atoms with E-state index in [1.165, 1.54) is 16.7 Å². The third-order valence-corrected chi connectivity index (χ3v) is 2.04. The third-order valence-electron chi connectivity index (χ3n) is 2.04. The van der Waals surface area contributed by atoms with Gasteiger partial charge in [0.15, 0.2) is 0 Å². The van der Waals surface area contributed by atoms with Crippen LogP contribution in [0.15, 0.2) is 30.5 Å². The molecule has 1 heterocycles. The van der Waals surface area contributed by atoms with Crippen LogP contribution < -0.4 is 0 Å². The van der Waals surface area contributed by atoms with Crippen molar-refractivity contribution in [2.24, 2.45) is 0 Å². The van der Waals surface area contributed by atoms with Gasteiger partial charge in [0, 0.05) is 6.20 Å². The highest BCUT2D eigenvalue weighted by atomic mass is 19.1. The predicted molar refractivity (Wildman–Crippen MR) is 49.5 cm³/mol. The number of fused-ring (bicyclic) bond motifs is 1. The molecule has 4 heteroatoms. The van der Waals surface area contributed by atoms with Crippen LogP contribution in [0.1, 0.15) is 0 Å². The first-order chi connectivity index (χ1) is 6.66. The molecule has 0 amide bonds. The van der Waals surface area contributed by atoms with Crippen molar-refractivity contribution in [1.29, 1.82) is 0 Å². The van der Waals surface area contributed by atoms with E-state index in [9.17, 15) is 9.18 Å². The molecule has 3 nitrogen and oxygen atoms in total. The van der Waals surface area contributed by atoms with Crippen molar-refractivity contribution in [3.63, 3.8) is 0 Å². The number of rotatable bonds is 2. The van der Waals surface area contributed by atoms with Gasteiger partial charge in [-0.2, -0.15) is 0 Å². The number of hydrogen-bond acceptors (Lipinski definition) is 1. The fourth-order valence-corrected chi connectivity index (χ4v) is 1.44. The Morgan fingerprint density at radius 2 is 2.21 bits per heavy atom. The molecule has 72 valence electrons. The highest BCUT2D eigenvalue weighted by Crippen LogP contribution is 2.16. The number of halogens is 1. The molecule has 1 aromatic carbocycles. The average Bonchev–Trinajstić information content (AvgIpc) is 2.47. The minimum absolute atomic E-state index is 0.146. The zero-order valence-corrected chi connectivity index (χ0v) is 7.27. The van der Waals surface area contributed by atoms with Crippen molar-refractivity contribution in [2.45, 2.75) is 6.54 Å². The maximum atomic E-state index is 12.9. The summed E-state index contributed by atoms with van der Waals surface area (Å²) in [5.41, 5.74) is 0.604. The number of aliphatic carboxylic acids is 1. The summed E-state index contributed by atoms with van der Waals surface area (Å²) in [5, 5.41) is 9.44. The molecule has 0 radical (unpaired) electrons. The van der Waals surface area contributed by atoms with Crippen LogP contribution in [0.4, 0.5) is 4.39 Å². The first-order valence-electron chi connectivity index (χ1n) is 4.13. The van der Waals surface area contributed by atoms with E-state index in [2.05, 4.69) is 0 Å². The van der Waals surface area contributed by atoms with Crippen LogP contribution in [-0.4, -0.2) is 15.6 Å². The quantitative estimate of drug-likeness (QED) is 0.791. The molecule has 0 saturated carbocycles. The van der Waals surface area contributed by atoms with Gasteiger partial charge in [0.25, 0.3) is 0 Å². The lowest BCUT2D eigenvalue weighted by atomic mass is 10.2. The second-order valence-corrected chi connectivity index (χ2v) is 3.04. The molecule has 0 spiro atoms. The Morgan fingerprint density at radius 1 is 1.43 bits per heavy atom. The summed E-state index contributed by atoms with van der Waals surface area (Å²) in [7, 11) is 0. The number of hydrogen-bond donors (Lipinski definition) is 1. The van der Waals surface area contributed by atoms with Crippen LogP contribution in [0.2, 0.25) is 0 Å². The number of carboxylic acids is 1. The van der Waals surface area contributed by atoms with E-state index in [-0.39, 0.29) is 12.4 Å². The number of benzene rings is 1. The highest BCUT2D eigenvalue weighted by Gasteiger charge is 2.04. The van der Waals surface area contributed by atoms with Crippen LogP contribution in [0.5, 0.6) is 0 Å². The molecule has 2 rings (SSSR count). The van der Waals surface area contributed by atoms with Gasteiger partial charge in [0.05, 0.1) is 5.52 Å². The summed E-state index contributed by atoms with van der Waals surface area (Å²) < 4.78 is 14.4. The van der Waals surface area contributed by atoms with Gasteiger partial charge >= 0.3 is 5.97 Å². The van der Waals surface area contributed by atoms with E-state index in [0.717, 1.165) is 5.39 Å². The Hall–Kier alpha value is -1.84. The van der Waals surface area contributed by atoms with Gasteiger partial charge in [-0.05, 0) is 29.7 Å². The van der Waals surface area contributed by atoms with Crippen molar-refractivity contribution >= 4 is 16.9 Å². The molecule has 0 saturated heterocycles. The number of nitrogens with zero attached hydrogens (tertiary/aromatic N) is 1. The van der Waals surface area contributed by atoms with Gasteiger partial charge in [0.1, 0.15) is 12.4 Å². The summed E-state index contributed by atoms with van der Waals surface area (Å²) in [6, 6.07) is 6.08. The molecule has 0 aliphatic heterocycles. The summed E-state index contributed by atoms with van der Waals surface area (Å²) in [6.07, 6.45) is 1.64. The highest BCUT2D eigenvalue weighted by molar-refractivity contribution is 5.81. The average molecular weight is 193 g/mol. The van der Waals surface area contributed by atoms with Crippen LogP contribution >= 0.6 is 0 Å². The van der Waals surface area contributed by atoms with Crippen LogP contribution in [0, 0.1) is 5.82 Å². The Balaban J connectivity index is 2.55. The molecule has 0 aliphatic rings. The number of carboxylic acid groups (broad SMARTS) is 1.